The summed E-state index contributed by atoms with van der Waals surface area (Å²) in [6.45, 7) is 1.42. The molecule has 0 saturated heterocycles. The first kappa shape index (κ1) is 17.5. The Bertz CT molecular complexity index is 503. The molecular weight excluding hydrogens is 312 g/mol. The predicted molar refractivity (Wildman–Crippen MR) is 57.0 cm³/mol. The molecule has 0 fully saturated rings. The van der Waals surface area contributed by atoms with Gasteiger partial charge in [-0.05, 0) is 31.5 Å². The fourth-order valence-electron chi connectivity index (χ4n) is 1.37. The van der Waals surface area contributed by atoms with E-state index in [0.717, 1.165) is 6.07 Å². The van der Waals surface area contributed by atoms with E-state index >= 15 is 0 Å². The Morgan fingerprint density at radius 3 is 1.90 bits per heavy atom. The summed E-state index contributed by atoms with van der Waals surface area (Å²) >= 11 is 0. The minimum atomic E-state index is -5.31. The lowest BCUT2D eigenvalue weighted by atomic mass is 10.1. The number of ether oxygens (including phenoxy) is 1. The van der Waals surface area contributed by atoms with Crippen molar-refractivity contribution in [1.82, 2.24) is 0 Å². The van der Waals surface area contributed by atoms with Crippen molar-refractivity contribution in [2.24, 2.45) is 5.92 Å². The van der Waals surface area contributed by atoms with E-state index in [9.17, 15) is 35.1 Å². The molecule has 0 spiro atoms. The lowest BCUT2D eigenvalue weighted by molar-refractivity contribution is -0.299. The Balaban J connectivity index is 3.21. The molecule has 0 N–H and O–H groups in total. The van der Waals surface area contributed by atoms with E-state index in [1.54, 1.807) is 0 Å². The first-order chi connectivity index (χ1) is 9.25. The Morgan fingerprint density at radius 2 is 1.48 bits per heavy atom. The molecule has 1 aromatic carbocycles. The van der Waals surface area contributed by atoms with Crippen molar-refractivity contribution in [1.29, 1.82) is 0 Å². The van der Waals surface area contributed by atoms with E-state index in [1.807, 2.05) is 0 Å². The quantitative estimate of drug-likeness (QED) is 0.696. The van der Waals surface area contributed by atoms with E-state index in [4.69, 9.17) is 0 Å². The van der Waals surface area contributed by atoms with Gasteiger partial charge in [-0.25, -0.2) is 0 Å². The highest BCUT2D eigenvalue weighted by atomic mass is 19.4. The standard InChI is InChI=1S/C12H10F8O/c1-6-3-4-8(11(16,17)18)9(5-6)21-12(19,20)7(2)10(13,14)15/h3-5,7H,1-2H3. The van der Waals surface area contributed by atoms with Gasteiger partial charge in [0.25, 0.3) is 0 Å². The molecule has 9 heteroatoms. The molecule has 0 aliphatic heterocycles. The van der Waals surface area contributed by atoms with E-state index in [2.05, 4.69) is 4.74 Å². The molecule has 1 rings (SSSR count). The molecule has 0 radical (unpaired) electrons. The van der Waals surface area contributed by atoms with Crippen LogP contribution in [0.3, 0.4) is 0 Å². The average molecular weight is 322 g/mol. The maximum atomic E-state index is 13.4. The van der Waals surface area contributed by atoms with Crippen LogP contribution < -0.4 is 4.74 Å². The number of hydrogen-bond donors (Lipinski definition) is 0. The van der Waals surface area contributed by atoms with Crippen LogP contribution in [-0.2, 0) is 6.18 Å². The summed E-state index contributed by atoms with van der Waals surface area (Å²) in [5, 5.41) is 0. The van der Waals surface area contributed by atoms with Crippen LogP contribution in [-0.4, -0.2) is 12.3 Å². The van der Waals surface area contributed by atoms with Gasteiger partial charge in [-0.1, -0.05) is 6.07 Å². The Labute approximate surface area is 114 Å². The third-order valence-corrected chi connectivity index (χ3v) is 2.68. The monoisotopic (exact) mass is 322 g/mol. The van der Waals surface area contributed by atoms with Crippen LogP contribution in [0.4, 0.5) is 35.1 Å². The smallest absolute Gasteiger partial charge is 0.419 e. The van der Waals surface area contributed by atoms with Crippen LogP contribution in [0.5, 0.6) is 5.75 Å². The molecule has 0 bridgehead atoms. The number of benzene rings is 1. The molecule has 0 heterocycles. The van der Waals surface area contributed by atoms with Crippen molar-refractivity contribution in [2.75, 3.05) is 0 Å². The third kappa shape index (κ3) is 4.21. The normalized spacial score (nSPS) is 15.0. The molecule has 0 aromatic heterocycles. The second-order valence-corrected chi connectivity index (χ2v) is 4.42. The number of alkyl halides is 8. The van der Waals surface area contributed by atoms with Gasteiger partial charge in [-0.15, -0.1) is 0 Å². The van der Waals surface area contributed by atoms with Crippen molar-refractivity contribution < 1.29 is 39.9 Å². The highest BCUT2D eigenvalue weighted by molar-refractivity contribution is 5.39. The predicted octanol–water partition coefficient (Wildman–Crippen LogP) is 5.18. The molecule has 21 heavy (non-hydrogen) atoms. The minimum Gasteiger partial charge on any atom is -0.431 e. The average Bonchev–Trinajstić information content (AvgIpc) is 2.24. The van der Waals surface area contributed by atoms with Gasteiger partial charge in [0, 0.05) is 0 Å². The number of hydrogen-bond acceptors (Lipinski definition) is 1. The summed E-state index contributed by atoms with van der Waals surface area (Å²) in [7, 11) is 0. The van der Waals surface area contributed by atoms with Crippen molar-refractivity contribution in [3.8, 4) is 5.75 Å². The Morgan fingerprint density at radius 1 is 0.952 bits per heavy atom. The molecule has 120 valence electrons. The lowest BCUT2D eigenvalue weighted by Gasteiger charge is -2.27. The fraction of sp³-hybridized carbons (Fsp3) is 0.500. The number of halogens is 8. The maximum absolute atomic E-state index is 13.4. The van der Waals surface area contributed by atoms with E-state index in [1.165, 1.54) is 6.92 Å². The molecule has 0 aliphatic carbocycles. The topological polar surface area (TPSA) is 9.23 Å². The van der Waals surface area contributed by atoms with Crippen LogP contribution in [0.25, 0.3) is 0 Å². The van der Waals surface area contributed by atoms with Crippen molar-refractivity contribution >= 4 is 0 Å². The highest BCUT2D eigenvalue weighted by Gasteiger charge is 2.55. The molecule has 1 aromatic rings. The van der Waals surface area contributed by atoms with Crippen molar-refractivity contribution in [2.45, 2.75) is 32.3 Å². The maximum Gasteiger partial charge on any atom is 0.419 e. The molecule has 1 atom stereocenters. The Kier molecular flexibility index (Phi) is 4.45. The largest absolute Gasteiger partial charge is 0.431 e. The molecule has 0 aliphatic rings. The van der Waals surface area contributed by atoms with Crippen LogP contribution >= 0.6 is 0 Å². The zero-order valence-corrected chi connectivity index (χ0v) is 10.7. The molecule has 1 nitrogen and oxygen atoms in total. The van der Waals surface area contributed by atoms with Gasteiger partial charge >= 0.3 is 18.5 Å². The summed E-state index contributed by atoms with van der Waals surface area (Å²) in [6.07, 6.45) is -15.2. The summed E-state index contributed by atoms with van der Waals surface area (Å²) in [6, 6.07) is 2.07. The molecular formula is C12H10F8O. The molecule has 1 unspecified atom stereocenters. The van der Waals surface area contributed by atoms with Gasteiger partial charge in [0.2, 0.25) is 0 Å². The second-order valence-electron chi connectivity index (χ2n) is 4.42. The van der Waals surface area contributed by atoms with Gasteiger partial charge in [0.15, 0.2) is 5.92 Å². The Hall–Kier alpha value is -1.54. The highest BCUT2D eigenvalue weighted by Crippen LogP contribution is 2.43. The third-order valence-electron chi connectivity index (χ3n) is 2.68. The van der Waals surface area contributed by atoms with Gasteiger partial charge < -0.3 is 4.74 Å². The van der Waals surface area contributed by atoms with Gasteiger partial charge in [0.05, 0.1) is 5.56 Å². The zero-order chi connectivity index (χ0) is 16.6. The SMILES string of the molecule is Cc1ccc(C(F)(F)F)c(OC(F)(F)C(C)C(F)(F)F)c1. The second kappa shape index (κ2) is 5.34. The van der Waals surface area contributed by atoms with Crippen LogP contribution in [0.15, 0.2) is 18.2 Å². The summed E-state index contributed by atoms with van der Waals surface area (Å²) in [5.41, 5.74) is -1.43. The summed E-state index contributed by atoms with van der Waals surface area (Å²) in [4.78, 5) is 0. The first-order valence-corrected chi connectivity index (χ1v) is 5.56. The molecule has 0 saturated carbocycles. The van der Waals surface area contributed by atoms with Crippen LogP contribution in [0, 0.1) is 12.8 Å². The summed E-state index contributed by atoms with van der Waals surface area (Å²) < 4.78 is 105. The molecule has 0 amide bonds. The summed E-state index contributed by atoms with van der Waals surface area (Å²) in [5.74, 6) is -4.60. The van der Waals surface area contributed by atoms with Crippen molar-refractivity contribution in [3.05, 3.63) is 29.3 Å². The minimum absolute atomic E-state index is 0.128. The van der Waals surface area contributed by atoms with Gasteiger partial charge in [-0.2, -0.15) is 35.1 Å². The van der Waals surface area contributed by atoms with Crippen molar-refractivity contribution in [3.63, 3.8) is 0 Å². The fourth-order valence-corrected chi connectivity index (χ4v) is 1.37. The van der Waals surface area contributed by atoms with E-state index < -0.39 is 35.7 Å². The number of rotatable bonds is 3. The lowest BCUT2D eigenvalue weighted by Crippen LogP contribution is -2.42. The van der Waals surface area contributed by atoms with Crippen LogP contribution in [0.2, 0.25) is 0 Å². The van der Waals surface area contributed by atoms with Gasteiger partial charge in [0.1, 0.15) is 5.75 Å². The van der Waals surface area contributed by atoms with Crippen LogP contribution in [0.1, 0.15) is 18.1 Å². The zero-order valence-electron chi connectivity index (χ0n) is 10.7. The first-order valence-electron chi connectivity index (χ1n) is 5.56. The van der Waals surface area contributed by atoms with Gasteiger partial charge in [-0.3, -0.25) is 0 Å². The number of aryl methyl sites for hydroxylation is 1. The van der Waals surface area contributed by atoms with E-state index in [-0.39, 0.29) is 12.5 Å². The van der Waals surface area contributed by atoms with E-state index in [0.29, 0.717) is 12.1 Å².